The zero-order valence-electron chi connectivity index (χ0n) is 46.5. The van der Waals surface area contributed by atoms with Crippen LogP contribution >= 0.6 is 0 Å². The summed E-state index contributed by atoms with van der Waals surface area (Å²) in [6, 6.07) is 0. The van der Waals surface area contributed by atoms with Gasteiger partial charge in [0.25, 0.3) is 0 Å². The quantitative estimate of drug-likeness (QED) is 0.0329. The van der Waals surface area contributed by atoms with E-state index in [9.17, 15) is 81.4 Å². The van der Waals surface area contributed by atoms with E-state index in [0.29, 0.717) is 19.3 Å². The smallest absolute Gasteiger partial charge is 0.303 e. The first-order valence-corrected chi connectivity index (χ1v) is 28.6. The van der Waals surface area contributed by atoms with E-state index in [1.54, 1.807) is 0 Å². The van der Waals surface area contributed by atoms with Crippen molar-refractivity contribution in [3.63, 3.8) is 0 Å². The maximum Gasteiger partial charge on any atom is 0.303 e. The lowest BCUT2D eigenvalue weighted by Crippen LogP contribution is -2.69. The number of hydrogen-bond donors (Lipinski definition) is 16. The molecule has 6 aliphatic rings. The minimum absolute atomic E-state index is 0.129. The van der Waals surface area contributed by atoms with Gasteiger partial charge in [0.2, 0.25) is 0 Å². The van der Waals surface area contributed by atoms with Gasteiger partial charge >= 0.3 is 5.97 Å². The number of aliphatic carboxylic acids is 1. The van der Waals surface area contributed by atoms with Gasteiger partial charge in [-0.25, -0.2) is 0 Å². The average Bonchev–Trinajstić information content (AvgIpc) is 3.52. The Hall–Kier alpha value is -1.61. The lowest BCUT2D eigenvalue weighted by Gasteiger charge is -2.51. The van der Waals surface area contributed by atoms with E-state index >= 15 is 0 Å². The van der Waals surface area contributed by atoms with Crippen molar-refractivity contribution in [2.45, 2.75) is 308 Å². The van der Waals surface area contributed by atoms with E-state index < -0.39 is 210 Å². The summed E-state index contributed by atoms with van der Waals surface area (Å²) >= 11 is 0. The summed E-state index contributed by atoms with van der Waals surface area (Å²) in [5, 5.41) is 174. The number of rotatable bonds is 28. The predicted octanol–water partition coefficient (Wildman–Crippen LogP) is -4.42. The highest BCUT2D eigenvalue weighted by molar-refractivity contribution is 5.66. The van der Waals surface area contributed by atoms with Crippen LogP contribution in [0.2, 0.25) is 0 Å². The van der Waals surface area contributed by atoms with E-state index in [2.05, 4.69) is 0 Å². The molecule has 0 bridgehead atoms. The Kier molecular flexibility index (Phi) is 26.9. The van der Waals surface area contributed by atoms with Crippen LogP contribution in [-0.4, -0.2) is 291 Å². The molecule has 474 valence electrons. The fourth-order valence-electron chi connectivity index (χ4n) is 11.0. The summed E-state index contributed by atoms with van der Waals surface area (Å²) < 4.78 is 73.1. The molecule has 29 heteroatoms. The van der Waals surface area contributed by atoms with Crippen molar-refractivity contribution in [2.75, 3.05) is 13.2 Å². The monoisotopic (exact) mass is 1180 g/mol. The molecule has 16 N–H and O–H groups in total. The number of aliphatic hydroxyl groups is 15. The number of ether oxygens (including phenoxy) is 12. The molecule has 0 unspecified atom stereocenters. The third kappa shape index (κ3) is 17.1. The van der Waals surface area contributed by atoms with Gasteiger partial charge in [0, 0.05) is 6.42 Å². The van der Waals surface area contributed by atoms with Gasteiger partial charge < -0.3 is 139 Å². The molecule has 0 amide bonds. The molecule has 0 aromatic carbocycles. The lowest BCUT2D eigenvalue weighted by molar-refractivity contribution is -0.414. The number of unbranched alkanes of at least 4 members (excludes halogenated alkanes) is 8. The van der Waals surface area contributed by atoms with Crippen molar-refractivity contribution in [3.05, 3.63) is 0 Å². The summed E-state index contributed by atoms with van der Waals surface area (Å²) in [5.74, 6) is -0.823. The summed E-state index contributed by atoms with van der Waals surface area (Å²) in [6.07, 6.45) is -42.9. The second-order valence-electron chi connectivity index (χ2n) is 22.3. The average molecular weight is 1180 g/mol. The SMILES string of the molecule is CCCCC[C@H](CCCCCCCCCC(=O)O)O[C@@H]1O[C@H](C)[C@@H](O)[C@H](O)[C@H]1O[C@@H]1O[C@H](CO)[C@@H](O)[C@H](O)[C@H]1O[C@@H]1O[C@@H](C)[C@H](O[C@@H]2O[C@H](C)[C@H](O)[C@H](O)[C@H]2O)[C@@H](O[C@H]2O[C@@H](CO)[C@H](O)[C@@H](O)[C@@H]2O[C@H]2O[C@@H](C)[C@H](O)[C@@H](O)[C@@H]2O)[C@H]1O. The molecule has 6 saturated heterocycles. The second-order valence-corrected chi connectivity index (χ2v) is 22.3. The highest BCUT2D eigenvalue weighted by Gasteiger charge is 2.58. The van der Waals surface area contributed by atoms with Gasteiger partial charge in [-0.1, -0.05) is 64.7 Å². The third-order valence-electron chi connectivity index (χ3n) is 16.1. The number of carbonyl (C=O) groups is 1. The Labute approximate surface area is 470 Å². The zero-order chi connectivity index (χ0) is 59.6. The highest BCUT2D eigenvalue weighted by atomic mass is 16.8. The van der Waals surface area contributed by atoms with Crippen LogP contribution in [0.1, 0.15) is 118 Å². The van der Waals surface area contributed by atoms with Gasteiger partial charge in [-0.05, 0) is 47.0 Å². The summed E-state index contributed by atoms with van der Waals surface area (Å²) in [4.78, 5) is 10.9. The fourth-order valence-corrected chi connectivity index (χ4v) is 11.0. The van der Waals surface area contributed by atoms with Gasteiger partial charge in [0.05, 0.1) is 43.7 Å². The number of hydrogen-bond acceptors (Lipinski definition) is 28. The largest absolute Gasteiger partial charge is 0.481 e. The van der Waals surface area contributed by atoms with E-state index in [-0.39, 0.29) is 6.42 Å². The second kappa shape index (κ2) is 31.9. The molecule has 0 aliphatic carbocycles. The van der Waals surface area contributed by atoms with Crippen LogP contribution in [0.4, 0.5) is 0 Å². The Morgan fingerprint density at radius 3 is 1.20 bits per heavy atom. The maximum atomic E-state index is 12.4. The van der Waals surface area contributed by atoms with Crippen LogP contribution < -0.4 is 0 Å². The van der Waals surface area contributed by atoms with Crippen LogP contribution in [0.5, 0.6) is 0 Å². The first-order chi connectivity index (χ1) is 38.4. The minimum Gasteiger partial charge on any atom is -0.481 e. The number of carboxylic acid groups (broad SMARTS) is 1. The van der Waals surface area contributed by atoms with Gasteiger partial charge in [-0.15, -0.1) is 0 Å². The Morgan fingerprint density at radius 1 is 0.370 bits per heavy atom. The Morgan fingerprint density at radius 2 is 0.728 bits per heavy atom. The van der Waals surface area contributed by atoms with Crippen molar-refractivity contribution in [2.24, 2.45) is 0 Å². The molecule has 31 atom stereocenters. The first-order valence-electron chi connectivity index (χ1n) is 28.6. The molecule has 81 heavy (non-hydrogen) atoms. The molecule has 0 aromatic rings. The standard InChI is InChI=1S/C52H92O29/c1-6-7-13-16-25(17-14-11-9-8-10-12-15-18-28(55)56)74-50-44(36(64)31(59)23(4)72-50)81-52-46(38(66)33(61)27(20-54)76-52)80-49-41(69)43(42(24(5)73-49)77-47-39(67)34(62)29(57)21(2)70-47)78-51-45(37(65)32(60)26(19-53)75-51)79-48-40(68)35(63)30(58)22(3)71-48/h21-27,29-54,57-69H,6-20H2,1-5H3,(H,55,56)/t21-,22+,23-,24+,25-,26+,27-,29+,30+,31-,32+,33-,34+,35-,36+,37-,38+,39-,40+,41-,42+,43+,44-,45+,46-,47+,48-,49+,50+,51-,52+/m1/s1. The van der Waals surface area contributed by atoms with Crippen molar-refractivity contribution >= 4 is 5.97 Å². The van der Waals surface area contributed by atoms with E-state index in [4.69, 9.17) is 61.9 Å². The predicted molar refractivity (Wildman–Crippen MR) is 269 cm³/mol. The molecule has 6 heterocycles. The fraction of sp³-hybridized carbons (Fsp3) is 0.981. The summed E-state index contributed by atoms with van der Waals surface area (Å²) in [6.45, 7) is 5.82. The van der Waals surface area contributed by atoms with Crippen molar-refractivity contribution in [1.29, 1.82) is 0 Å². The summed E-state index contributed by atoms with van der Waals surface area (Å²) in [5.41, 5.74) is 0. The summed E-state index contributed by atoms with van der Waals surface area (Å²) in [7, 11) is 0. The number of carboxylic acids is 1. The molecule has 0 spiro atoms. The van der Waals surface area contributed by atoms with Crippen molar-refractivity contribution < 1.29 is 143 Å². The molecule has 29 nitrogen and oxygen atoms in total. The molecule has 0 saturated carbocycles. The Bertz CT molecular complexity index is 1830. The van der Waals surface area contributed by atoms with E-state index in [0.717, 1.165) is 57.8 Å². The molecule has 6 fully saturated rings. The number of aliphatic hydroxyl groups excluding tert-OH is 15. The zero-order valence-corrected chi connectivity index (χ0v) is 46.5. The van der Waals surface area contributed by atoms with Gasteiger partial charge in [0.15, 0.2) is 37.7 Å². The third-order valence-corrected chi connectivity index (χ3v) is 16.1. The normalized spacial score (nSPS) is 46.6. The molecular formula is C52H92O29. The van der Waals surface area contributed by atoms with Gasteiger partial charge in [-0.2, -0.15) is 0 Å². The van der Waals surface area contributed by atoms with E-state index in [1.807, 2.05) is 6.92 Å². The molecule has 0 radical (unpaired) electrons. The van der Waals surface area contributed by atoms with Crippen LogP contribution in [0, 0.1) is 0 Å². The molecular weight excluding hydrogens is 1090 g/mol. The van der Waals surface area contributed by atoms with Gasteiger partial charge in [0.1, 0.15) is 122 Å². The van der Waals surface area contributed by atoms with Crippen LogP contribution in [-0.2, 0) is 61.6 Å². The Balaban J connectivity index is 1.28. The van der Waals surface area contributed by atoms with Crippen molar-refractivity contribution in [3.8, 4) is 0 Å². The minimum atomic E-state index is -2.20. The maximum absolute atomic E-state index is 12.4. The van der Waals surface area contributed by atoms with Gasteiger partial charge in [-0.3, -0.25) is 4.79 Å². The lowest BCUT2D eigenvalue weighted by atomic mass is 9.95. The molecule has 0 aromatic heterocycles. The molecule has 6 aliphatic heterocycles. The van der Waals surface area contributed by atoms with Crippen LogP contribution in [0.25, 0.3) is 0 Å². The highest BCUT2D eigenvalue weighted by Crippen LogP contribution is 2.39. The topological polar surface area (TPSA) is 452 Å². The van der Waals surface area contributed by atoms with E-state index in [1.165, 1.54) is 27.7 Å². The van der Waals surface area contributed by atoms with Crippen LogP contribution in [0.3, 0.4) is 0 Å². The first kappa shape index (κ1) is 68.5. The van der Waals surface area contributed by atoms with Crippen molar-refractivity contribution in [1.82, 2.24) is 0 Å². The van der Waals surface area contributed by atoms with Crippen LogP contribution in [0.15, 0.2) is 0 Å². The molecule has 6 rings (SSSR count).